The Labute approximate surface area is 149 Å². The highest BCUT2D eigenvalue weighted by molar-refractivity contribution is 8.26. The van der Waals surface area contributed by atoms with Crippen LogP contribution < -0.4 is 14.8 Å². The molecule has 2 aromatic rings. The van der Waals surface area contributed by atoms with Gasteiger partial charge in [0.2, 0.25) is 0 Å². The maximum atomic E-state index is 11.6. The number of nitrogens with one attached hydrogen (secondary N) is 1. The van der Waals surface area contributed by atoms with Crippen LogP contribution in [-0.2, 0) is 11.4 Å². The number of benzene rings is 2. The number of amides is 1. The number of ether oxygens (including phenoxy) is 2. The fourth-order valence-corrected chi connectivity index (χ4v) is 3.17. The van der Waals surface area contributed by atoms with Crippen LogP contribution in [0.1, 0.15) is 11.1 Å². The molecule has 0 radical (unpaired) electrons. The van der Waals surface area contributed by atoms with Gasteiger partial charge in [-0.15, -0.1) is 0 Å². The van der Waals surface area contributed by atoms with Crippen LogP contribution in [0.5, 0.6) is 11.5 Å². The third-order valence-corrected chi connectivity index (χ3v) is 4.55. The van der Waals surface area contributed by atoms with E-state index in [1.54, 1.807) is 7.11 Å². The number of rotatable bonds is 5. The summed E-state index contributed by atoms with van der Waals surface area (Å²) in [7, 11) is 1.64. The number of carbonyl (C=O) groups excluding carboxylic acids is 1. The molecule has 24 heavy (non-hydrogen) atoms. The molecule has 1 saturated heterocycles. The molecule has 1 fully saturated rings. The highest BCUT2D eigenvalue weighted by atomic mass is 32.2. The van der Waals surface area contributed by atoms with Crippen molar-refractivity contribution in [2.75, 3.05) is 7.11 Å². The fourth-order valence-electron chi connectivity index (χ4n) is 2.12. The van der Waals surface area contributed by atoms with E-state index in [9.17, 15) is 4.79 Å². The van der Waals surface area contributed by atoms with E-state index >= 15 is 0 Å². The van der Waals surface area contributed by atoms with E-state index in [1.807, 2.05) is 54.6 Å². The van der Waals surface area contributed by atoms with Crippen LogP contribution in [0.25, 0.3) is 6.08 Å². The van der Waals surface area contributed by atoms with Crippen LogP contribution in [0, 0.1) is 0 Å². The Kier molecular flexibility index (Phi) is 5.17. The summed E-state index contributed by atoms with van der Waals surface area (Å²) in [6.45, 7) is 0.483. The van der Waals surface area contributed by atoms with Crippen molar-refractivity contribution in [2.45, 2.75) is 6.61 Å². The number of hydrogen-bond donors (Lipinski definition) is 1. The summed E-state index contributed by atoms with van der Waals surface area (Å²) in [6, 6.07) is 15.3. The van der Waals surface area contributed by atoms with Crippen LogP contribution in [0.3, 0.4) is 0 Å². The lowest BCUT2D eigenvalue weighted by Gasteiger charge is -2.07. The van der Waals surface area contributed by atoms with Gasteiger partial charge in [-0.1, -0.05) is 48.2 Å². The van der Waals surface area contributed by atoms with Crippen LogP contribution in [-0.4, -0.2) is 17.3 Å². The summed E-state index contributed by atoms with van der Waals surface area (Å²) in [6.07, 6.45) is 1.81. The van der Waals surface area contributed by atoms with Crippen LogP contribution >= 0.6 is 24.0 Å². The van der Waals surface area contributed by atoms with Gasteiger partial charge in [0.25, 0.3) is 5.91 Å². The lowest BCUT2D eigenvalue weighted by atomic mass is 10.2. The van der Waals surface area contributed by atoms with Gasteiger partial charge >= 0.3 is 0 Å². The number of methoxy groups -OCH3 is 1. The second kappa shape index (κ2) is 7.51. The van der Waals surface area contributed by atoms with E-state index in [-0.39, 0.29) is 5.91 Å². The van der Waals surface area contributed by atoms with Gasteiger partial charge in [0.05, 0.1) is 12.0 Å². The van der Waals surface area contributed by atoms with Gasteiger partial charge in [-0.25, -0.2) is 0 Å². The maximum Gasteiger partial charge on any atom is 0.263 e. The topological polar surface area (TPSA) is 47.6 Å². The minimum Gasteiger partial charge on any atom is -0.497 e. The van der Waals surface area contributed by atoms with Crippen molar-refractivity contribution >= 4 is 40.3 Å². The second-order valence-electron chi connectivity index (χ2n) is 5.06. The first-order valence-corrected chi connectivity index (χ1v) is 8.47. The Bertz CT molecular complexity index is 783. The molecule has 6 heteroatoms. The van der Waals surface area contributed by atoms with Gasteiger partial charge < -0.3 is 14.8 Å². The lowest BCUT2D eigenvalue weighted by Crippen LogP contribution is -2.17. The summed E-state index contributed by atoms with van der Waals surface area (Å²) in [5, 5.41) is 2.60. The first kappa shape index (κ1) is 16.5. The van der Waals surface area contributed by atoms with E-state index in [1.165, 1.54) is 11.8 Å². The van der Waals surface area contributed by atoms with Crippen molar-refractivity contribution in [3.63, 3.8) is 0 Å². The van der Waals surface area contributed by atoms with E-state index < -0.39 is 0 Å². The van der Waals surface area contributed by atoms with E-state index in [2.05, 4.69) is 5.32 Å². The molecule has 0 aliphatic carbocycles. The zero-order valence-corrected chi connectivity index (χ0v) is 14.6. The molecular weight excluding hydrogens is 342 g/mol. The molecule has 1 heterocycles. The number of carbonyl (C=O) groups is 1. The van der Waals surface area contributed by atoms with E-state index in [0.29, 0.717) is 15.8 Å². The monoisotopic (exact) mass is 357 g/mol. The molecule has 0 saturated carbocycles. The van der Waals surface area contributed by atoms with Crippen LogP contribution in [0.4, 0.5) is 0 Å². The second-order valence-corrected chi connectivity index (χ2v) is 6.78. The predicted molar refractivity (Wildman–Crippen MR) is 100 cm³/mol. The molecule has 4 nitrogen and oxygen atoms in total. The molecule has 3 rings (SSSR count). The van der Waals surface area contributed by atoms with Crippen molar-refractivity contribution < 1.29 is 14.3 Å². The zero-order valence-electron chi connectivity index (χ0n) is 12.9. The molecule has 1 aliphatic rings. The number of thiocarbonyl (C=S) groups is 1. The van der Waals surface area contributed by atoms with Crippen molar-refractivity contribution in [3.8, 4) is 11.5 Å². The van der Waals surface area contributed by atoms with Gasteiger partial charge in [0, 0.05) is 0 Å². The van der Waals surface area contributed by atoms with E-state index in [4.69, 9.17) is 21.7 Å². The Morgan fingerprint density at radius 2 is 1.75 bits per heavy atom. The molecule has 0 unspecified atom stereocenters. The summed E-state index contributed by atoms with van der Waals surface area (Å²) in [4.78, 5) is 12.2. The Balaban J connectivity index is 1.61. The van der Waals surface area contributed by atoms with E-state index in [0.717, 1.165) is 22.6 Å². The molecule has 1 aliphatic heterocycles. The Morgan fingerprint density at radius 1 is 1.08 bits per heavy atom. The smallest absolute Gasteiger partial charge is 0.263 e. The first-order chi connectivity index (χ1) is 11.6. The molecule has 1 amide bonds. The summed E-state index contributed by atoms with van der Waals surface area (Å²) >= 11 is 6.24. The fraction of sp³-hybridized carbons (Fsp3) is 0.111. The van der Waals surface area contributed by atoms with Crippen molar-refractivity contribution in [1.29, 1.82) is 0 Å². The highest BCUT2D eigenvalue weighted by Gasteiger charge is 2.21. The quantitative estimate of drug-likeness (QED) is 0.652. The third kappa shape index (κ3) is 4.15. The largest absolute Gasteiger partial charge is 0.497 e. The van der Waals surface area contributed by atoms with Gasteiger partial charge in [0.1, 0.15) is 22.4 Å². The number of hydrogen-bond acceptors (Lipinski definition) is 5. The molecule has 0 aromatic heterocycles. The van der Waals surface area contributed by atoms with Gasteiger partial charge in [0.15, 0.2) is 0 Å². The molecular formula is C18H15NO3S2. The summed E-state index contributed by atoms with van der Waals surface area (Å²) in [5.41, 5.74) is 1.99. The van der Waals surface area contributed by atoms with Gasteiger partial charge in [-0.2, -0.15) is 0 Å². The minimum atomic E-state index is -0.148. The number of thioether (sulfide) groups is 1. The molecule has 1 N–H and O–H groups in total. The molecule has 0 spiro atoms. The normalized spacial score (nSPS) is 15.5. The molecule has 122 valence electrons. The Hall–Kier alpha value is -2.31. The lowest BCUT2D eigenvalue weighted by molar-refractivity contribution is -0.115. The SMILES string of the molecule is COc1ccc(COc2ccc(/C=C3\SC(=S)NC3=O)cc2)cc1. The van der Waals surface area contributed by atoms with Crippen LogP contribution in [0.2, 0.25) is 0 Å². The average Bonchev–Trinajstić information content (AvgIpc) is 2.92. The van der Waals surface area contributed by atoms with Gasteiger partial charge in [-0.3, -0.25) is 4.79 Å². The zero-order chi connectivity index (χ0) is 16.9. The predicted octanol–water partition coefficient (Wildman–Crippen LogP) is 3.76. The highest BCUT2D eigenvalue weighted by Crippen LogP contribution is 2.26. The standard InChI is InChI=1S/C18H15NO3S2/c1-21-14-6-4-13(5-7-14)11-22-15-8-2-12(3-9-15)10-16-17(20)19-18(23)24-16/h2-10H,11H2,1H3,(H,19,20,23)/b16-10-. The first-order valence-electron chi connectivity index (χ1n) is 7.25. The van der Waals surface area contributed by atoms with Gasteiger partial charge in [-0.05, 0) is 41.5 Å². The van der Waals surface area contributed by atoms with Crippen molar-refractivity contribution in [3.05, 3.63) is 64.6 Å². The van der Waals surface area contributed by atoms with Crippen molar-refractivity contribution in [2.24, 2.45) is 0 Å². The Morgan fingerprint density at radius 3 is 2.33 bits per heavy atom. The summed E-state index contributed by atoms with van der Waals surface area (Å²) < 4.78 is 11.4. The molecule has 0 atom stereocenters. The van der Waals surface area contributed by atoms with Crippen LogP contribution in [0.15, 0.2) is 53.4 Å². The molecule has 0 bridgehead atoms. The molecule has 2 aromatic carbocycles. The minimum absolute atomic E-state index is 0.148. The average molecular weight is 357 g/mol. The van der Waals surface area contributed by atoms with Crippen molar-refractivity contribution in [1.82, 2.24) is 5.32 Å². The third-order valence-electron chi connectivity index (χ3n) is 3.38. The maximum absolute atomic E-state index is 11.6. The summed E-state index contributed by atoms with van der Waals surface area (Å²) in [5.74, 6) is 1.45.